The minimum Gasteiger partial charge on any atom is -0.315 e. The van der Waals surface area contributed by atoms with Crippen LogP contribution >= 0.6 is 15.9 Å². The molecule has 0 bridgehead atoms. The molecular formula is C15H11BrFN3O2. The Bertz CT molecular complexity index is 734. The lowest BCUT2D eigenvalue weighted by Crippen LogP contribution is -2.32. The highest BCUT2D eigenvalue weighted by Gasteiger charge is 2.14. The van der Waals surface area contributed by atoms with Crippen molar-refractivity contribution in [2.75, 3.05) is 5.32 Å². The number of hydrogen-bond donors (Lipinski definition) is 2. The van der Waals surface area contributed by atoms with Crippen LogP contribution in [0.4, 0.5) is 10.1 Å². The van der Waals surface area contributed by atoms with Crippen molar-refractivity contribution in [2.45, 2.75) is 0 Å². The Morgan fingerprint density at radius 1 is 1.09 bits per heavy atom. The van der Waals surface area contributed by atoms with E-state index in [0.29, 0.717) is 0 Å². The zero-order valence-corrected chi connectivity index (χ0v) is 12.8. The van der Waals surface area contributed by atoms with Crippen LogP contribution in [0.2, 0.25) is 0 Å². The first-order chi connectivity index (χ1) is 10.6. The van der Waals surface area contributed by atoms with E-state index in [1.165, 1.54) is 24.4 Å². The van der Waals surface area contributed by atoms with Crippen LogP contribution in [0.15, 0.2) is 58.1 Å². The maximum absolute atomic E-state index is 13.3. The Balaban J connectivity index is 1.92. The average molecular weight is 364 g/mol. The quantitative estimate of drug-likeness (QED) is 0.500. The van der Waals surface area contributed by atoms with E-state index >= 15 is 0 Å². The van der Waals surface area contributed by atoms with E-state index < -0.39 is 17.6 Å². The van der Waals surface area contributed by atoms with Gasteiger partial charge in [0, 0.05) is 4.47 Å². The molecule has 7 heteroatoms. The van der Waals surface area contributed by atoms with Crippen LogP contribution in [0, 0.1) is 5.82 Å². The van der Waals surface area contributed by atoms with E-state index in [1.807, 2.05) is 6.07 Å². The SMILES string of the molecule is O=C(NN=Cc1cccc(Br)c1)C(=O)Nc1ccccc1F. The van der Waals surface area contributed by atoms with Crippen molar-refractivity contribution >= 4 is 39.6 Å². The van der Waals surface area contributed by atoms with Gasteiger partial charge >= 0.3 is 11.8 Å². The lowest BCUT2D eigenvalue weighted by Gasteiger charge is -2.04. The summed E-state index contributed by atoms with van der Waals surface area (Å²) in [4.78, 5) is 23.1. The van der Waals surface area contributed by atoms with Crippen LogP contribution in [0.3, 0.4) is 0 Å². The molecule has 2 amide bonds. The summed E-state index contributed by atoms with van der Waals surface area (Å²) in [6, 6.07) is 12.8. The maximum Gasteiger partial charge on any atom is 0.329 e. The number of carbonyl (C=O) groups is 2. The van der Waals surface area contributed by atoms with Crippen molar-refractivity contribution in [1.82, 2.24) is 5.43 Å². The molecule has 0 fully saturated rings. The van der Waals surface area contributed by atoms with Gasteiger partial charge in [0.05, 0.1) is 11.9 Å². The molecule has 0 aliphatic rings. The average Bonchev–Trinajstić information content (AvgIpc) is 2.49. The summed E-state index contributed by atoms with van der Waals surface area (Å²) >= 11 is 3.30. The van der Waals surface area contributed by atoms with E-state index in [0.717, 1.165) is 10.0 Å². The predicted molar refractivity (Wildman–Crippen MR) is 84.9 cm³/mol. The van der Waals surface area contributed by atoms with Gasteiger partial charge in [0.25, 0.3) is 0 Å². The van der Waals surface area contributed by atoms with Crippen LogP contribution in [0.1, 0.15) is 5.56 Å². The van der Waals surface area contributed by atoms with Gasteiger partial charge in [0.15, 0.2) is 0 Å². The molecule has 2 aromatic rings. The van der Waals surface area contributed by atoms with Gasteiger partial charge in [0.1, 0.15) is 5.82 Å². The highest BCUT2D eigenvalue weighted by atomic mass is 79.9. The molecule has 0 unspecified atom stereocenters. The second kappa shape index (κ2) is 7.46. The summed E-state index contributed by atoms with van der Waals surface area (Å²) in [5, 5.41) is 5.83. The number of nitrogens with one attached hydrogen (secondary N) is 2. The molecule has 5 nitrogen and oxygen atoms in total. The van der Waals surface area contributed by atoms with E-state index in [4.69, 9.17) is 0 Å². The van der Waals surface area contributed by atoms with Gasteiger partial charge in [-0.1, -0.05) is 40.2 Å². The van der Waals surface area contributed by atoms with Crippen LogP contribution in [0.25, 0.3) is 0 Å². The Labute approximate surface area is 134 Å². The van der Waals surface area contributed by atoms with E-state index in [9.17, 15) is 14.0 Å². The molecule has 22 heavy (non-hydrogen) atoms. The molecule has 2 rings (SSSR count). The van der Waals surface area contributed by atoms with Crippen LogP contribution < -0.4 is 10.7 Å². The number of benzene rings is 2. The van der Waals surface area contributed by atoms with Crippen molar-refractivity contribution < 1.29 is 14.0 Å². The molecule has 0 aromatic heterocycles. The van der Waals surface area contributed by atoms with Crippen molar-refractivity contribution in [1.29, 1.82) is 0 Å². The van der Waals surface area contributed by atoms with E-state index in [1.54, 1.807) is 24.3 Å². The highest BCUT2D eigenvalue weighted by molar-refractivity contribution is 9.10. The molecule has 0 heterocycles. The standard InChI is InChI=1S/C15H11BrFN3O2/c16-11-5-3-4-10(8-11)9-18-20-15(22)14(21)19-13-7-2-1-6-12(13)17/h1-9H,(H,19,21)(H,20,22). The summed E-state index contributed by atoms with van der Waals surface area (Å²) < 4.78 is 14.2. The summed E-state index contributed by atoms with van der Waals surface area (Å²) in [5.74, 6) is -2.62. The number of hydrazone groups is 1. The van der Waals surface area contributed by atoms with Crippen LogP contribution in [-0.2, 0) is 9.59 Å². The van der Waals surface area contributed by atoms with Gasteiger partial charge in [-0.25, -0.2) is 9.82 Å². The monoisotopic (exact) mass is 363 g/mol. The molecule has 0 aliphatic heterocycles. The van der Waals surface area contributed by atoms with Crippen LogP contribution in [-0.4, -0.2) is 18.0 Å². The molecule has 2 N–H and O–H groups in total. The summed E-state index contributed by atoms with van der Waals surface area (Å²) in [6.07, 6.45) is 1.39. The Morgan fingerprint density at radius 2 is 1.86 bits per heavy atom. The molecule has 0 radical (unpaired) electrons. The topological polar surface area (TPSA) is 70.6 Å². The Hall–Kier alpha value is -2.54. The number of para-hydroxylation sites is 1. The van der Waals surface area contributed by atoms with Crippen molar-refractivity contribution in [3.8, 4) is 0 Å². The first-order valence-corrected chi connectivity index (χ1v) is 7.00. The number of hydrogen-bond acceptors (Lipinski definition) is 3. The Kier molecular flexibility index (Phi) is 5.37. The van der Waals surface area contributed by atoms with Gasteiger partial charge in [-0.05, 0) is 29.8 Å². The third-order valence-corrected chi connectivity index (χ3v) is 3.05. The molecule has 2 aromatic carbocycles. The van der Waals surface area contributed by atoms with E-state index in [2.05, 4.69) is 31.8 Å². The van der Waals surface area contributed by atoms with Gasteiger partial charge < -0.3 is 5.32 Å². The second-order valence-corrected chi connectivity index (χ2v) is 5.10. The number of rotatable bonds is 3. The molecule has 0 atom stereocenters. The number of nitrogens with zero attached hydrogens (tertiary/aromatic N) is 1. The first-order valence-electron chi connectivity index (χ1n) is 6.21. The van der Waals surface area contributed by atoms with Gasteiger partial charge in [-0.2, -0.15) is 5.10 Å². The third-order valence-electron chi connectivity index (χ3n) is 2.56. The zero-order valence-electron chi connectivity index (χ0n) is 11.2. The fourth-order valence-corrected chi connectivity index (χ4v) is 1.96. The lowest BCUT2D eigenvalue weighted by molar-refractivity contribution is -0.136. The Morgan fingerprint density at radius 3 is 2.59 bits per heavy atom. The summed E-state index contributed by atoms with van der Waals surface area (Å²) in [5.41, 5.74) is 2.74. The molecule has 112 valence electrons. The normalized spacial score (nSPS) is 10.5. The number of amides is 2. The highest BCUT2D eigenvalue weighted by Crippen LogP contribution is 2.12. The fourth-order valence-electron chi connectivity index (χ4n) is 1.54. The minimum atomic E-state index is -1.00. The minimum absolute atomic E-state index is 0.0707. The molecular weight excluding hydrogens is 353 g/mol. The number of halogens is 2. The summed E-state index contributed by atoms with van der Waals surface area (Å²) in [7, 11) is 0. The van der Waals surface area contributed by atoms with Gasteiger partial charge in [-0.3, -0.25) is 9.59 Å². The van der Waals surface area contributed by atoms with Crippen molar-refractivity contribution in [3.63, 3.8) is 0 Å². The van der Waals surface area contributed by atoms with Crippen molar-refractivity contribution in [3.05, 3.63) is 64.4 Å². The fraction of sp³-hybridized carbons (Fsp3) is 0. The maximum atomic E-state index is 13.3. The second-order valence-electron chi connectivity index (χ2n) is 4.19. The smallest absolute Gasteiger partial charge is 0.315 e. The van der Waals surface area contributed by atoms with Gasteiger partial charge in [-0.15, -0.1) is 0 Å². The number of carbonyl (C=O) groups excluding carboxylic acids is 2. The van der Waals surface area contributed by atoms with Crippen molar-refractivity contribution in [2.24, 2.45) is 5.10 Å². The van der Waals surface area contributed by atoms with Crippen LogP contribution in [0.5, 0.6) is 0 Å². The summed E-state index contributed by atoms with van der Waals surface area (Å²) in [6.45, 7) is 0. The molecule has 0 aliphatic carbocycles. The third kappa shape index (κ3) is 4.49. The first kappa shape index (κ1) is 15.8. The lowest BCUT2D eigenvalue weighted by atomic mass is 10.2. The molecule has 0 saturated carbocycles. The van der Waals surface area contributed by atoms with E-state index in [-0.39, 0.29) is 5.69 Å². The zero-order chi connectivity index (χ0) is 15.9. The largest absolute Gasteiger partial charge is 0.329 e. The predicted octanol–water partition coefficient (Wildman–Crippen LogP) is 2.68. The number of anilines is 1. The molecule has 0 saturated heterocycles. The van der Waals surface area contributed by atoms with Gasteiger partial charge in [0.2, 0.25) is 0 Å². The molecule has 0 spiro atoms.